The molecular weight excluding hydrogens is 258 g/mol. The summed E-state index contributed by atoms with van der Waals surface area (Å²) in [5.41, 5.74) is 2.90. The van der Waals surface area contributed by atoms with Crippen molar-refractivity contribution in [1.82, 2.24) is 5.32 Å². The SMILES string of the molecule is CNC(CCCS(C)(=O)=O)C1CCc2ccccc21. The van der Waals surface area contributed by atoms with Crippen LogP contribution < -0.4 is 5.32 Å². The molecule has 2 unspecified atom stereocenters. The van der Waals surface area contributed by atoms with Gasteiger partial charge in [0, 0.05) is 18.1 Å². The van der Waals surface area contributed by atoms with Gasteiger partial charge in [0.05, 0.1) is 0 Å². The lowest BCUT2D eigenvalue weighted by Crippen LogP contribution is -2.31. The molecule has 0 radical (unpaired) electrons. The summed E-state index contributed by atoms with van der Waals surface area (Å²) in [4.78, 5) is 0. The Bertz CT molecular complexity index is 525. The first kappa shape index (κ1) is 14.5. The van der Waals surface area contributed by atoms with Crippen LogP contribution in [0.15, 0.2) is 24.3 Å². The van der Waals surface area contributed by atoms with Gasteiger partial charge < -0.3 is 5.32 Å². The summed E-state index contributed by atoms with van der Waals surface area (Å²) in [5.74, 6) is 0.820. The molecule has 0 aliphatic heterocycles. The van der Waals surface area contributed by atoms with Crippen LogP contribution in [-0.2, 0) is 16.3 Å². The highest BCUT2D eigenvalue weighted by atomic mass is 32.2. The molecule has 1 aliphatic rings. The third-order valence-corrected chi connectivity index (χ3v) is 5.10. The molecule has 0 spiro atoms. The highest BCUT2D eigenvalue weighted by molar-refractivity contribution is 7.90. The molecule has 2 atom stereocenters. The van der Waals surface area contributed by atoms with Crippen molar-refractivity contribution in [2.24, 2.45) is 0 Å². The molecule has 0 aromatic heterocycles. The van der Waals surface area contributed by atoms with Gasteiger partial charge in [-0.15, -0.1) is 0 Å². The summed E-state index contributed by atoms with van der Waals surface area (Å²) < 4.78 is 22.4. The number of hydrogen-bond acceptors (Lipinski definition) is 3. The van der Waals surface area contributed by atoms with E-state index in [1.807, 2.05) is 7.05 Å². The molecule has 0 amide bonds. The number of benzene rings is 1. The molecular formula is C15H23NO2S. The van der Waals surface area contributed by atoms with Crippen molar-refractivity contribution in [3.8, 4) is 0 Å². The molecule has 1 aliphatic carbocycles. The van der Waals surface area contributed by atoms with Crippen LogP contribution in [0.4, 0.5) is 0 Å². The summed E-state index contributed by atoms with van der Waals surface area (Å²) in [7, 11) is -0.862. The third kappa shape index (κ3) is 3.80. The van der Waals surface area contributed by atoms with Gasteiger partial charge in [0.1, 0.15) is 9.84 Å². The van der Waals surface area contributed by atoms with Crippen molar-refractivity contribution >= 4 is 9.84 Å². The Balaban J connectivity index is 2.00. The van der Waals surface area contributed by atoms with E-state index >= 15 is 0 Å². The number of nitrogens with one attached hydrogen (secondary N) is 1. The van der Waals surface area contributed by atoms with Crippen LogP contribution in [0.25, 0.3) is 0 Å². The molecule has 4 heteroatoms. The van der Waals surface area contributed by atoms with Gasteiger partial charge in [-0.1, -0.05) is 24.3 Å². The van der Waals surface area contributed by atoms with Gasteiger partial charge >= 0.3 is 0 Å². The minimum Gasteiger partial charge on any atom is -0.316 e. The van der Waals surface area contributed by atoms with Gasteiger partial charge in [0.2, 0.25) is 0 Å². The first-order valence-corrected chi connectivity index (χ1v) is 9.00. The number of sulfone groups is 1. The van der Waals surface area contributed by atoms with Crippen molar-refractivity contribution in [2.75, 3.05) is 19.1 Å². The number of rotatable bonds is 6. The van der Waals surface area contributed by atoms with E-state index in [0.717, 1.165) is 19.3 Å². The van der Waals surface area contributed by atoms with Gasteiger partial charge in [-0.25, -0.2) is 8.42 Å². The zero-order chi connectivity index (χ0) is 13.9. The molecule has 1 aromatic rings. The van der Waals surface area contributed by atoms with Crippen LogP contribution in [0.2, 0.25) is 0 Å². The van der Waals surface area contributed by atoms with Gasteiger partial charge in [0.15, 0.2) is 0 Å². The van der Waals surface area contributed by atoms with Crippen molar-refractivity contribution in [3.63, 3.8) is 0 Å². The largest absolute Gasteiger partial charge is 0.316 e. The Kier molecular flexibility index (Phi) is 4.63. The summed E-state index contributed by atoms with van der Waals surface area (Å²) in [6, 6.07) is 9.00. The molecule has 0 bridgehead atoms. The van der Waals surface area contributed by atoms with Crippen molar-refractivity contribution < 1.29 is 8.42 Å². The molecule has 0 fully saturated rings. The van der Waals surface area contributed by atoms with E-state index in [4.69, 9.17) is 0 Å². The molecule has 0 heterocycles. The van der Waals surface area contributed by atoms with Crippen molar-refractivity contribution in [2.45, 2.75) is 37.6 Å². The van der Waals surface area contributed by atoms with Gasteiger partial charge in [0.25, 0.3) is 0 Å². The highest BCUT2D eigenvalue weighted by Gasteiger charge is 2.28. The maximum absolute atomic E-state index is 11.2. The minimum atomic E-state index is -2.84. The summed E-state index contributed by atoms with van der Waals surface area (Å²) >= 11 is 0. The lowest BCUT2D eigenvalue weighted by atomic mass is 9.90. The topological polar surface area (TPSA) is 46.2 Å². The van der Waals surface area contributed by atoms with E-state index in [-0.39, 0.29) is 0 Å². The molecule has 3 nitrogen and oxygen atoms in total. The predicted octanol–water partition coefficient (Wildman–Crippen LogP) is 2.13. The van der Waals surface area contributed by atoms with Crippen LogP contribution in [0.3, 0.4) is 0 Å². The van der Waals surface area contributed by atoms with E-state index in [1.54, 1.807) is 0 Å². The zero-order valence-corrected chi connectivity index (χ0v) is 12.5. The molecule has 19 heavy (non-hydrogen) atoms. The summed E-state index contributed by atoms with van der Waals surface area (Å²) in [5, 5.41) is 3.38. The second-order valence-corrected chi connectivity index (χ2v) is 7.77. The maximum Gasteiger partial charge on any atom is 0.147 e. The Hall–Kier alpha value is -0.870. The fraction of sp³-hybridized carbons (Fsp3) is 0.600. The number of fused-ring (bicyclic) bond motifs is 1. The van der Waals surface area contributed by atoms with Crippen LogP contribution in [-0.4, -0.2) is 33.5 Å². The molecule has 0 saturated heterocycles. The normalized spacial score (nSPS) is 20.2. The fourth-order valence-electron chi connectivity index (χ4n) is 3.12. The second-order valence-electron chi connectivity index (χ2n) is 5.51. The number of likely N-dealkylation sites (N-methyl/N-ethyl adjacent to an activating group) is 1. The van der Waals surface area contributed by atoms with Crippen LogP contribution >= 0.6 is 0 Å². The van der Waals surface area contributed by atoms with Crippen LogP contribution in [0.1, 0.15) is 36.3 Å². The standard InChI is InChI=1S/C15H23NO2S/c1-16-15(8-5-11-19(2,17)18)14-10-9-12-6-3-4-7-13(12)14/h3-4,6-7,14-16H,5,8-11H2,1-2H3. The quantitative estimate of drug-likeness (QED) is 0.869. The molecule has 1 N–H and O–H groups in total. The first-order valence-electron chi connectivity index (χ1n) is 6.94. The van der Waals surface area contributed by atoms with Gasteiger partial charge in [-0.3, -0.25) is 0 Å². The van der Waals surface area contributed by atoms with Crippen molar-refractivity contribution in [3.05, 3.63) is 35.4 Å². The smallest absolute Gasteiger partial charge is 0.147 e. The minimum absolute atomic E-state index is 0.291. The van der Waals surface area contributed by atoms with Gasteiger partial charge in [-0.05, 0) is 49.8 Å². The molecule has 1 aromatic carbocycles. The summed E-state index contributed by atoms with van der Waals surface area (Å²) in [6.45, 7) is 0. The summed E-state index contributed by atoms with van der Waals surface area (Å²) in [6.07, 6.45) is 5.28. The Labute approximate surface area is 116 Å². The Morgan fingerprint density at radius 1 is 1.37 bits per heavy atom. The maximum atomic E-state index is 11.2. The lowest BCUT2D eigenvalue weighted by molar-refractivity contribution is 0.428. The monoisotopic (exact) mass is 281 g/mol. The molecule has 2 rings (SSSR count). The average molecular weight is 281 g/mol. The molecule has 0 saturated carbocycles. The number of aryl methyl sites for hydroxylation is 1. The first-order chi connectivity index (χ1) is 9.01. The van der Waals surface area contributed by atoms with E-state index < -0.39 is 9.84 Å². The Morgan fingerprint density at radius 3 is 2.79 bits per heavy atom. The zero-order valence-electron chi connectivity index (χ0n) is 11.7. The lowest BCUT2D eigenvalue weighted by Gasteiger charge is -2.24. The van der Waals surface area contributed by atoms with Crippen LogP contribution in [0, 0.1) is 0 Å². The van der Waals surface area contributed by atoms with Crippen molar-refractivity contribution in [1.29, 1.82) is 0 Å². The Morgan fingerprint density at radius 2 is 2.11 bits per heavy atom. The van der Waals surface area contributed by atoms with E-state index in [0.29, 0.717) is 17.7 Å². The fourth-order valence-corrected chi connectivity index (χ4v) is 3.81. The van der Waals surface area contributed by atoms with E-state index in [1.165, 1.54) is 23.8 Å². The van der Waals surface area contributed by atoms with Gasteiger partial charge in [-0.2, -0.15) is 0 Å². The van der Waals surface area contributed by atoms with E-state index in [9.17, 15) is 8.42 Å². The number of hydrogen-bond donors (Lipinski definition) is 1. The van der Waals surface area contributed by atoms with Crippen LogP contribution in [0.5, 0.6) is 0 Å². The molecule has 106 valence electrons. The predicted molar refractivity (Wildman–Crippen MR) is 79.3 cm³/mol. The highest BCUT2D eigenvalue weighted by Crippen LogP contribution is 2.36. The second kappa shape index (κ2) is 6.06. The third-order valence-electron chi connectivity index (χ3n) is 4.07. The van der Waals surface area contributed by atoms with E-state index in [2.05, 4.69) is 29.6 Å². The average Bonchev–Trinajstić information content (AvgIpc) is 2.77.